The topological polar surface area (TPSA) is 41.1 Å². The summed E-state index contributed by atoms with van der Waals surface area (Å²) in [6.45, 7) is 3.89. The van der Waals surface area contributed by atoms with E-state index in [2.05, 4.69) is 10.6 Å². The molecule has 0 aliphatic carbocycles. The molecule has 0 radical (unpaired) electrons. The molecule has 2 aromatic carbocycles. The molecular weight excluding hydrogens is 291 g/mol. The van der Waals surface area contributed by atoms with Crippen LogP contribution in [0.5, 0.6) is 0 Å². The molecule has 2 rings (SSSR count). The second-order valence-corrected chi connectivity index (χ2v) is 5.21. The second-order valence-electron chi connectivity index (χ2n) is 4.80. The number of rotatable bonds is 4. The van der Waals surface area contributed by atoms with Gasteiger partial charge >= 0.3 is 0 Å². The molecule has 0 aliphatic rings. The Labute approximate surface area is 128 Å². The number of nitrogens with one attached hydrogen (secondary N) is 2. The first-order valence-corrected chi connectivity index (χ1v) is 6.89. The first-order chi connectivity index (χ1) is 9.95. The molecule has 0 heterocycles. The maximum Gasteiger partial charge on any atom is 0.221 e. The Morgan fingerprint density at radius 2 is 2.00 bits per heavy atom. The third-order valence-corrected chi connectivity index (χ3v) is 3.39. The van der Waals surface area contributed by atoms with Crippen molar-refractivity contribution in [3.8, 4) is 0 Å². The van der Waals surface area contributed by atoms with Crippen LogP contribution in [0.4, 0.5) is 15.8 Å². The van der Waals surface area contributed by atoms with Gasteiger partial charge < -0.3 is 10.6 Å². The smallest absolute Gasteiger partial charge is 0.221 e. The summed E-state index contributed by atoms with van der Waals surface area (Å²) in [5, 5.41) is 6.38. The third-order valence-electron chi connectivity index (χ3n) is 3.04. The number of hydrogen-bond acceptors (Lipinski definition) is 2. The Kier molecular flexibility index (Phi) is 4.81. The SMILES string of the molecule is CC(=O)Nc1ccc(NCc2ccc(F)cc2Cl)cc1C. The lowest BCUT2D eigenvalue weighted by atomic mass is 10.1. The van der Waals surface area contributed by atoms with Crippen LogP contribution < -0.4 is 10.6 Å². The van der Waals surface area contributed by atoms with Crippen molar-refractivity contribution in [2.24, 2.45) is 0 Å². The van der Waals surface area contributed by atoms with E-state index in [1.807, 2.05) is 25.1 Å². The normalized spacial score (nSPS) is 10.3. The van der Waals surface area contributed by atoms with Crippen molar-refractivity contribution in [3.05, 3.63) is 58.4 Å². The number of halogens is 2. The first-order valence-electron chi connectivity index (χ1n) is 6.52. The highest BCUT2D eigenvalue weighted by atomic mass is 35.5. The van der Waals surface area contributed by atoms with E-state index in [-0.39, 0.29) is 11.7 Å². The van der Waals surface area contributed by atoms with Gasteiger partial charge in [-0.25, -0.2) is 4.39 Å². The van der Waals surface area contributed by atoms with Crippen molar-refractivity contribution < 1.29 is 9.18 Å². The molecule has 0 aromatic heterocycles. The van der Waals surface area contributed by atoms with E-state index in [0.717, 1.165) is 22.5 Å². The zero-order chi connectivity index (χ0) is 15.4. The molecule has 21 heavy (non-hydrogen) atoms. The van der Waals surface area contributed by atoms with Gasteiger partial charge in [-0.2, -0.15) is 0 Å². The van der Waals surface area contributed by atoms with E-state index in [0.29, 0.717) is 11.6 Å². The molecule has 2 N–H and O–H groups in total. The minimum atomic E-state index is -0.348. The summed E-state index contributed by atoms with van der Waals surface area (Å²) in [5.41, 5.74) is 3.47. The Balaban J connectivity index is 2.06. The highest BCUT2D eigenvalue weighted by Gasteiger charge is 2.04. The van der Waals surface area contributed by atoms with Crippen molar-refractivity contribution in [3.63, 3.8) is 0 Å². The molecular formula is C16H16ClFN2O. The highest BCUT2D eigenvalue weighted by Crippen LogP contribution is 2.22. The average Bonchev–Trinajstić information content (AvgIpc) is 2.40. The van der Waals surface area contributed by atoms with Crippen molar-refractivity contribution in [2.45, 2.75) is 20.4 Å². The molecule has 110 valence electrons. The maximum absolute atomic E-state index is 13.0. The van der Waals surface area contributed by atoms with Gasteiger partial charge in [0.15, 0.2) is 0 Å². The van der Waals surface area contributed by atoms with E-state index >= 15 is 0 Å². The summed E-state index contributed by atoms with van der Waals surface area (Å²) in [6.07, 6.45) is 0. The van der Waals surface area contributed by atoms with Gasteiger partial charge in [-0.3, -0.25) is 4.79 Å². The van der Waals surface area contributed by atoms with Crippen LogP contribution in [-0.2, 0) is 11.3 Å². The van der Waals surface area contributed by atoms with Gasteiger partial charge in [-0.1, -0.05) is 17.7 Å². The fourth-order valence-corrected chi connectivity index (χ4v) is 2.20. The molecule has 2 aromatic rings. The van der Waals surface area contributed by atoms with Crippen LogP contribution in [0.2, 0.25) is 5.02 Å². The van der Waals surface area contributed by atoms with Gasteiger partial charge in [0.25, 0.3) is 0 Å². The van der Waals surface area contributed by atoms with Gasteiger partial charge in [0, 0.05) is 29.9 Å². The molecule has 0 fully saturated rings. The van der Waals surface area contributed by atoms with Gasteiger partial charge in [-0.05, 0) is 48.4 Å². The molecule has 0 unspecified atom stereocenters. The van der Waals surface area contributed by atoms with Crippen LogP contribution in [0.25, 0.3) is 0 Å². The summed E-state index contributed by atoms with van der Waals surface area (Å²) in [6, 6.07) is 9.98. The number of carbonyl (C=O) groups is 1. The molecule has 0 saturated heterocycles. The van der Waals surface area contributed by atoms with Crippen molar-refractivity contribution in [2.75, 3.05) is 10.6 Å². The van der Waals surface area contributed by atoms with Gasteiger partial charge in [0.1, 0.15) is 5.82 Å². The fourth-order valence-electron chi connectivity index (χ4n) is 1.97. The van der Waals surface area contributed by atoms with Gasteiger partial charge in [-0.15, -0.1) is 0 Å². The number of carbonyl (C=O) groups excluding carboxylic acids is 1. The average molecular weight is 307 g/mol. The van der Waals surface area contributed by atoms with Crippen LogP contribution >= 0.6 is 11.6 Å². The zero-order valence-corrected chi connectivity index (χ0v) is 12.6. The quantitative estimate of drug-likeness (QED) is 0.881. The molecule has 1 amide bonds. The van der Waals surface area contributed by atoms with Crippen molar-refractivity contribution in [1.29, 1.82) is 0 Å². The molecule has 0 saturated carbocycles. The van der Waals surface area contributed by atoms with E-state index in [1.54, 1.807) is 6.07 Å². The Morgan fingerprint density at radius 1 is 1.24 bits per heavy atom. The van der Waals surface area contributed by atoms with Crippen molar-refractivity contribution in [1.82, 2.24) is 0 Å². The summed E-state index contributed by atoms with van der Waals surface area (Å²) in [4.78, 5) is 11.1. The van der Waals surface area contributed by atoms with E-state index in [1.165, 1.54) is 19.1 Å². The number of aryl methyl sites for hydroxylation is 1. The minimum Gasteiger partial charge on any atom is -0.381 e. The lowest BCUT2D eigenvalue weighted by Crippen LogP contribution is -2.07. The van der Waals surface area contributed by atoms with Crippen LogP contribution in [-0.4, -0.2) is 5.91 Å². The largest absolute Gasteiger partial charge is 0.381 e. The molecule has 3 nitrogen and oxygen atoms in total. The number of benzene rings is 2. The lowest BCUT2D eigenvalue weighted by Gasteiger charge is -2.11. The standard InChI is InChI=1S/C16H16ClFN2O/c1-10-7-14(5-6-16(10)20-11(2)21)19-9-12-3-4-13(18)8-15(12)17/h3-8,19H,9H2,1-2H3,(H,20,21). The fraction of sp³-hybridized carbons (Fsp3) is 0.188. The molecule has 0 atom stereocenters. The van der Waals surface area contributed by atoms with Crippen molar-refractivity contribution >= 4 is 28.9 Å². The minimum absolute atomic E-state index is 0.100. The summed E-state index contributed by atoms with van der Waals surface area (Å²) in [7, 11) is 0. The first kappa shape index (κ1) is 15.3. The monoisotopic (exact) mass is 306 g/mol. The number of amides is 1. The maximum atomic E-state index is 13.0. The number of anilines is 2. The summed E-state index contributed by atoms with van der Waals surface area (Å²) < 4.78 is 13.0. The predicted octanol–water partition coefficient (Wildman–Crippen LogP) is 4.36. The van der Waals surface area contributed by atoms with Crippen LogP contribution in [0.15, 0.2) is 36.4 Å². The summed E-state index contributed by atoms with van der Waals surface area (Å²) >= 11 is 5.98. The Hall–Kier alpha value is -2.07. The van der Waals surface area contributed by atoms with Gasteiger partial charge in [0.05, 0.1) is 0 Å². The van der Waals surface area contributed by atoms with Gasteiger partial charge in [0.2, 0.25) is 5.91 Å². The van der Waals surface area contributed by atoms with Crippen LogP contribution in [0.3, 0.4) is 0 Å². The van der Waals surface area contributed by atoms with Crippen LogP contribution in [0.1, 0.15) is 18.1 Å². The number of hydrogen-bond donors (Lipinski definition) is 2. The molecule has 5 heteroatoms. The lowest BCUT2D eigenvalue weighted by molar-refractivity contribution is -0.114. The molecule has 0 bridgehead atoms. The Morgan fingerprint density at radius 3 is 2.62 bits per heavy atom. The summed E-state index contributed by atoms with van der Waals surface area (Å²) in [5.74, 6) is -0.448. The molecule has 0 spiro atoms. The Bertz CT molecular complexity index is 673. The van der Waals surface area contributed by atoms with Crippen LogP contribution in [0, 0.1) is 12.7 Å². The highest BCUT2D eigenvalue weighted by molar-refractivity contribution is 6.31. The third kappa shape index (κ3) is 4.20. The molecule has 0 aliphatic heterocycles. The predicted molar refractivity (Wildman–Crippen MR) is 84.2 cm³/mol. The second kappa shape index (κ2) is 6.59. The van der Waals surface area contributed by atoms with E-state index in [4.69, 9.17) is 11.6 Å². The zero-order valence-electron chi connectivity index (χ0n) is 11.8. The van der Waals surface area contributed by atoms with E-state index in [9.17, 15) is 9.18 Å². The van der Waals surface area contributed by atoms with E-state index < -0.39 is 0 Å².